The van der Waals surface area contributed by atoms with Crippen LogP contribution in [0.25, 0.3) is 0 Å². The van der Waals surface area contributed by atoms with E-state index in [1.807, 2.05) is 37.3 Å². The molecule has 7 heteroatoms. The Morgan fingerprint density at radius 3 is 2.95 bits per heavy atom. The summed E-state index contributed by atoms with van der Waals surface area (Å²) in [6.07, 6.45) is 0.395. The first kappa shape index (κ1) is 14.5. The summed E-state index contributed by atoms with van der Waals surface area (Å²) in [5.74, 6) is -0.291. The first-order chi connectivity index (χ1) is 10.2. The van der Waals surface area contributed by atoms with Crippen LogP contribution in [0.5, 0.6) is 0 Å². The molecule has 0 aromatic heterocycles. The Bertz CT molecular complexity index is 604. The average molecular weight is 286 g/mol. The molecule has 0 radical (unpaired) electrons. The van der Waals surface area contributed by atoms with Gasteiger partial charge in [0.15, 0.2) is 5.84 Å². The lowest BCUT2D eigenvalue weighted by Crippen LogP contribution is -2.35. The van der Waals surface area contributed by atoms with Gasteiger partial charge in [-0.2, -0.15) is 5.26 Å². The fourth-order valence-electron chi connectivity index (χ4n) is 1.62. The summed E-state index contributed by atoms with van der Waals surface area (Å²) in [5, 5.41) is 18.6. The van der Waals surface area contributed by atoms with E-state index in [-0.39, 0.29) is 18.4 Å². The van der Waals surface area contributed by atoms with E-state index in [4.69, 9.17) is 14.9 Å². The first-order valence-corrected chi connectivity index (χ1v) is 6.37. The van der Waals surface area contributed by atoms with Gasteiger partial charge in [-0.25, -0.2) is 0 Å². The van der Waals surface area contributed by atoms with Gasteiger partial charge >= 0.3 is 0 Å². The van der Waals surface area contributed by atoms with Crippen LogP contribution in [0.3, 0.4) is 0 Å². The highest BCUT2D eigenvalue weighted by atomic mass is 16.6. The zero-order chi connectivity index (χ0) is 15.1. The molecular formula is C14H14N4O3. The molecule has 1 aromatic carbocycles. The quantitative estimate of drug-likeness (QED) is 0.667. The molecule has 0 saturated heterocycles. The highest BCUT2D eigenvalue weighted by molar-refractivity contribution is 6.47. The molecule has 108 valence electrons. The molecule has 1 aromatic rings. The molecule has 0 fully saturated rings. The van der Waals surface area contributed by atoms with E-state index in [9.17, 15) is 4.79 Å². The Kier molecular flexibility index (Phi) is 4.88. The highest BCUT2D eigenvalue weighted by Crippen LogP contribution is 2.07. The van der Waals surface area contributed by atoms with Crippen LogP contribution in [-0.2, 0) is 21.1 Å². The SMILES string of the molecule is CC1CC(NC(=O)/C(C#N)=N/OCc2ccccc2)=NO1. The zero-order valence-electron chi connectivity index (χ0n) is 11.4. The molecular weight excluding hydrogens is 272 g/mol. The van der Waals surface area contributed by atoms with Gasteiger partial charge in [-0.05, 0) is 12.5 Å². The number of nitrogens with zero attached hydrogens (tertiary/aromatic N) is 3. The molecule has 0 saturated carbocycles. The number of carbonyl (C=O) groups is 1. The van der Waals surface area contributed by atoms with Gasteiger partial charge in [0.25, 0.3) is 5.91 Å². The van der Waals surface area contributed by atoms with Crippen molar-refractivity contribution >= 4 is 17.5 Å². The summed E-state index contributed by atoms with van der Waals surface area (Å²) < 4.78 is 0. The minimum Gasteiger partial charge on any atom is -0.391 e. The number of carbonyl (C=O) groups excluding carboxylic acids is 1. The smallest absolute Gasteiger partial charge is 0.289 e. The van der Waals surface area contributed by atoms with Crippen molar-refractivity contribution in [2.45, 2.75) is 26.1 Å². The number of amidine groups is 1. The molecule has 1 aliphatic heterocycles. The third-order valence-electron chi connectivity index (χ3n) is 2.63. The van der Waals surface area contributed by atoms with Crippen LogP contribution < -0.4 is 5.32 Å². The lowest BCUT2D eigenvalue weighted by molar-refractivity contribution is -0.113. The molecule has 1 aliphatic rings. The number of rotatable bonds is 4. The number of nitrogens with one attached hydrogen (secondary N) is 1. The number of hydrogen-bond acceptors (Lipinski definition) is 6. The number of hydrogen-bond donors (Lipinski definition) is 1. The van der Waals surface area contributed by atoms with Crippen molar-refractivity contribution in [1.82, 2.24) is 5.32 Å². The second kappa shape index (κ2) is 7.05. The van der Waals surface area contributed by atoms with Crippen molar-refractivity contribution in [3.63, 3.8) is 0 Å². The average Bonchev–Trinajstić information content (AvgIpc) is 2.89. The molecule has 21 heavy (non-hydrogen) atoms. The van der Waals surface area contributed by atoms with Crippen LogP contribution in [-0.4, -0.2) is 23.6 Å². The fraction of sp³-hybridized carbons (Fsp3) is 0.286. The van der Waals surface area contributed by atoms with Gasteiger partial charge in [-0.1, -0.05) is 40.6 Å². The molecule has 0 spiro atoms. The Morgan fingerprint density at radius 2 is 2.33 bits per heavy atom. The van der Waals surface area contributed by atoms with Crippen molar-refractivity contribution in [2.75, 3.05) is 0 Å². The van der Waals surface area contributed by atoms with Crippen molar-refractivity contribution in [1.29, 1.82) is 5.26 Å². The lowest BCUT2D eigenvalue weighted by atomic mass is 10.2. The minimum atomic E-state index is -0.665. The summed E-state index contributed by atoms with van der Waals surface area (Å²) >= 11 is 0. The van der Waals surface area contributed by atoms with Gasteiger partial charge < -0.3 is 15.0 Å². The number of oxime groups is 2. The fourth-order valence-corrected chi connectivity index (χ4v) is 1.62. The van der Waals surface area contributed by atoms with E-state index >= 15 is 0 Å². The van der Waals surface area contributed by atoms with Gasteiger partial charge in [-0.15, -0.1) is 0 Å². The third kappa shape index (κ3) is 4.31. The normalized spacial score (nSPS) is 17.4. The molecule has 0 aliphatic carbocycles. The number of benzene rings is 1. The van der Waals surface area contributed by atoms with E-state index in [1.165, 1.54) is 0 Å². The minimum absolute atomic E-state index is 0.0860. The molecule has 1 N–H and O–H groups in total. The van der Waals surface area contributed by atoms with Crippen LogP contribution >= 0.6 is 0 Å². The summed E-state index contributed by atoms with van der Waals surface area (Å²) in [6.45, 7) is 2.01. The largest absolute Gasteiger partial charge is 0.391 e. The van der Waals surface area contributed by atoms with E-state index in [1.54, 1.807) is 6.07 Å². The summed E-state index contributed by atoms with van der Waals surface area (Å²) in [5.41, 5.74) is 0.523. The topological polar surface area (TPSA) is 96.1 Å². The standard InChI is InChI=1S/C14H14N4O3/c1-10-7-13(18-21-10)16-14(19)12(8-15)17-20-9-11-5-3-2-4-6-11/h2-6,10H,7,9H2,1H3,(H,16,18,19)/b17-12+. The van der Waals surface area contributed by atoms with Gasteiger partial charge in [0.1, 0.15) is 18.8 Å². The van der Waals surface area contributed by atoms with Gasteiger partial charge in [0.2, 0.25) is 5.71 Å². The Balaban J connectivity index is 1.88. The van der Waals surface area contributed by atoms with E-state index in [2.05, 4.69) is 15.6 Å². The molecule has 1 unspecified atom stereocenters. The predicted molar refractivity (Wildman–Crippen MR) is 75.0 cm³/mol. The maximum atomic E-state index is 11.8. The monoisotopic (exact) mass is 286 g/mol. The maximum Gasteiger partial charge on any atom is 0.289 e. The second-order valence-corrected chi connectivity index (χ2v) is 4.42. The van der Waals surface area contributed by atoms with Crippen LogP contribution in [0.2, 0.25) is 0 Å². The molecule has 7 nitrogen and oxygen atoms in total. The summed E-state index contributed by atoms with van der Waals surface area (Å²) in [7, 11) is 0. The molecule has 1 amide bonds. The van der Waals surface area contributed by atoms with Gasteiger partial charge in [-0.3, -0.25) is 4.79 Å². The first-order valence-electron chi connectivity index (χ1n) is 6.37. The molecule has 1 heterocycles. The van der Waals surface area contributed by atoms with E-state index in [0.717, 1.165) is 5.56 Å². The third-order valence-corrected chi connectivity index (χ3v) is 2.63. The Morgan fingerprint density at radius 1 is 1.57 bits per heavy atom. The van der Waals surface area contributed by atoms with Crippen LogP contribution in [0, 0.1) is 11.3 Å². The van der Waals surface area contributed by atoms with Crippen LogP contribution in [0.15, 0.2) is 40.6 Å². The number of amides is 1. The molecule has 0 bridgehead atoms. The molecule has 2 rings (SSSR count). The van der Waals surface area contributed by atoms with Crippen molar-refractivity contribution < 1.29 is 14.5 Å². The Labute approximate surface area is 121 Å². The Hall–Kier alpha value is -2.88. The van der Waals surface area contributed by atoms with Gasteiger partial charge in [0, 0.05) is 6.42 Å². The van der Waals surface area contributed by atoms with E-state index < -0.39 is 5.91 Å². The van der Waals surface area contributed by atoms with Crippen LogP contribution in [0.4, 0.5) is 0 Å². The lowest BCUT2D eigenvalue weighted by Gasteiger charge is -2.02. The van der Waals surface area contributed by atoms with Crippen molar-refractivity contribution in [3.8, 4) is 6.07 Å². The molecule has 1 atom stereocenters. The zero-order valence-corrected chi connectivity index (χ0v) is 11.4. The van der Waals surface area contributed by atoms with E-state index in [0.29, 0.717) is 12.3 Å². The van der Waals surface area contributed by atoms with Crippen molar-refractivity contribution in [2.24, 2.45) is 10.3 Å². The van der Waals surface area contributed by atoms with Crippen LogP contribution in [0.1, 0.15) is 18.9 Å². The second-order valence-electron chi connectivity index (χ2n) is 4.42. The van der Waals surface area contributed by atoms with Crippen molar-refractivity contribution in [3.05, 3.63) is 35.9 Å². The summed E-state index contributed by atoms with van der Waals surface area (Å²) in [4.78, 5) is 21.7. The maximum absolute atomic E-state index is 11.8. The number of nitriles is 1. The van der Waals surface area contributed by atoms with Gasteiger partial charge in [0.05, 0.1) is 0 Å². The predicted octanol–water partition coefficient (Wildman–Crippen LogP) is 1.32. The summed E-state index contributed by atoms with van der Waals surface area (Å²) in [6, 6.07) is 11.0. The highest BCUT2D eigenvalue weighted by Gasteiger charge is 2.21.